The van der Waals surface area contributed by atoms with Gasteiger partial charge in [-0.15, -0.1) is 0 Å². The van der Waals surface area contributed by atoms with Crippen LogP contribution in [0.3, 0.4) is 0 Å². The van der Waals surface area contributed by atoms with Gasteiger partial charge in [0.15, 0.2) is 11.6 Å². The Morgan fingerprint density at radius 1 is 1.10 bits per heavy atom. The summed E-state index contributed by atoms with van der Waals surface area (Å²) in [6.07, 6.45) is 4.19. The van der Waals surface area contributed by atoms with Gasteiger partial charge in [0.2, 0.25) is 0 Å². The molecule has 0 amide bonds. The average Bonchev–Trinajstić information content (AvgIpc) is 2.38. The van der Waals surface area contributed by atoms with Crippen molar-refractivity contribution in [2.75, 3.05) is 0 Å². The third-order valence-electron chi connectivity index (χ3n) is 3.08. The second kappa shape index (κ2) is 5.13. The highest BCUT2D eigenvalue weighted by atomic mass is 35.5. The fourth-order valence-corrected chi connectivity index (χ4v) is 2.30. The molecule has 2 rings (SSSR count). The van der Waals surface area contributed by atoms with Crippen molar-refractivity contribution in [2.45, 2.75) is 20.3 Å². The molecule has 0 fully saturated rings. The minimum atomic E-state index is -0.553. The Kier molecular flexibility index (Phi) is 3.68. The van der Waals surface area contributed by atoms with Gasteiger partial charge in [0.1, 0.15) is 11.5 Å². The van der Waals surface area contributed by atoms with Gasteiger partial charge in [-0.2, -0.15) is 0 Å². The lowest BCUT2D eigenvalue weighted by molar-refractivity contribution is 0.0989. The molecule has 5 heteroatoms. The standard InChI is InChI=1S/C15H13ClO4/c1-7(2)3-4-8-13(16)15(20)12-10(18)6-5-9(17)11(12)14(8)19/h3,5-6,19-20H,4H2,1-2H3. The van der Waals surface area contributed by atoms with Gasteiger partial charge < -0.3 is 10.2 Å². The van der Waals surface area contributed by atoms with Crippen molar-refractivity contribution in [3.05, 3.63) is 45.5 Å². The van der Waals surface area contributed by atoms with Crippen molar-refractivity contribution >= 4 is 23.2 Å². The van der Waals surface area contributed by atoms with Crippen molar-refractivity contribution < 1.29 is 19.8 Å². The molecule has 1 aliphatic carbocycles. The van der Waals surface area contributed by atoms with E-state index in [9.17, 15) is 19.8 Å². The van der Waals surface area contributed by atoms with Gasteiger partial charge in [0, 0.05) is 5.56 Å². The van der Waals surface area contributed by atoms with Crippen LogP contribution in [0.5, 0.6) is 11.5 Å². The molecule has 0 spiro atoms. The molecule has 0 unspecified atom stereocenters. The zero-order valence-corrected chi connectivity index (χ0v) is 11.8. The van der Waals surface area contributed by atoms with Crippen LogP contribution in [0.15, 0.2) is 23.8 Å². The SMILES string of the molecule is CC(C)=CCc1c(O)c2c(c(O)c1Cl)C(=O)C=CC2=O. The van der Waals surface area contributed by atoms with E-state index < -0.39 is 17.3 Å². The monoisotopic (exact) mass is 292 g/mol. The first-order chi connectivity index (χ1) is 9.34. The van der Waals surface area contributed by atoms with E-state index in [2.05, 4.69) is 0 Å². The number of halogens is 1. The van der Waals surface area contributed by atoms with Gasteiger partial charge in [-0.05, 0) is 32.4 Å². The highest BCUT2D eigenvalue weighted by molar-refractivity contribution is 6.35. The van der Waals surface area contributed by atoms with E-state index in [0.29, 0.717) is 0 Å². The summed E-state index contributed by atoms with van der Waals surface area (Å²) in [7, 11) is 0. The summed E-state index contributed by atoms with van der Waals surface area (Å²) in [6, 6.07) is 0. The highest BCUT2D eigenvalue weighted by Crippen LogP contribution is 2.43. The fourth-order valence-electron chi connectivity index (χ4n) is 2.03. The van der Waals surface area contributed by atoms with Gasteiger partial charge in [0.05, 0.1) is 16.1 Å². The molecule has 0 atom stereocenters. The first-order valence-electron chi connectivity index (χ1n) is 6.01. The Hall–Kier alpha value is -2.07. The summed E-state index contributed by atoms with van der Waals surface area (Å²) in [5.41, 5.74) is 0.818. The van der Waals surface area contributed by atoms with Crippen LogP contribution in [0.1, 0.15) is 40.1 Å². The Labute approximate surface area is 121 Å². The predicted molar refractivity (Wildman–Crippen MR) is 75.7 cm³/mol. The molecule has 104 valence electrons. The lowest BCUT2D eigenvalue weighted by atomic mass is 9.90. The van der Waals surface area contributed by atoms with Crippen LogP contribution in [0.2, 0.25) is 5.02 Å². The maximum Gasteiger partial charge on any atom is 0.190 e. The number of carbonyl (C=O) groups is 2. The van der Waals surface area contributed by atoms with E-state index in [4.69, 9.17) is 11.6 Å². The number of phenolic OH excluding ortho intramolecular Hbond substituents is 2. The number of carbonyl (C=O) groups excluding carboxylic acids is 2. The number of aromatic hydroxyl groups is 2. The Bertz CT molecular complexity index is 680. The van der Waals surface area contributed by atoms with Crippen molar-refractivity contribution in [1.29, 1.82) is 0 Å². The van der Waals surface area contributed by atoms with Crippen LogP contribution >= 0.6 is 11.6 Å². The summed E-state index contributed by atoms with van der Waals surface area (Å²) in [5.74, 6) is -1.88. The molecule has 0 saturated carbocycles. The maximum absolute atomic E-state index is 11.8. The van der Waals surface area contributed by atoms with Gasteiger partial charge >= 0.3 is 0 Å². The molecule has 0 radical (unpaired) electrons. The lowest BCUT2D eigenvalue weighted by Crippen LogP contribution is -2.13. The molecule has 0 heterocycles. The van der Waals surface area contributed by atoms with Crippen LogP contribution < -0.4 is 0 Å². The van der Waals surface area contributed by atoms with Crippen molar-refractivity contribution in [2.24, 2.45) is 0 Å². The molecule has 20 heavy (non-hydrogen) atoms. The lowest BCUT2D eigenvalue weighted by Gasteiger charge is -2.17. The molecule has 0 aliphatic heterocycles. The van der Waals surface area contributed by atoms with Gasteiger partial charge in [0.25, 0.3) is 0 Å². The summed E-state index contributed by atoms with van der Waals surface area (Å²) in [6.45, 7) is 3.75. The quantitative estimate of drug-likeness (QED) is 0.648. The number of ketones is 2. The molecule has 1 aliphatic rings. The number of benzene rings is 1. The Morgan fingerprint density at radius 2 is 1.60 bits per heavy atom. The third-order valence-corrected chi connectivity index (χ3v) is 3.48. The molecule has 0 saturated heterocycles. The smallest absolute Gasteiger partial charge is 0.190 e. The zero-order chi connectivity index (χ0) is 15.0. The van der Waals surface area contributed by atoms with E-state index in [1.54, 1.807) is 6.08 Å². The van der Waals surface area contributed by atoms with Gasteiger partial charge in [-0.3, -0.25) is 9.59 Å². The maximum atomic E-state index is 11.8. The summed E-state index contributed by atoms with van der Waals surface area (Å²) in [4.78, 5) is 23.6. The number of hydrogen-bond donors (Lipinski definition) is 2. The topological polar surface area (TPSA) is 74.6 Å². The second-order valence-corrected chi connectivity index (χ2v) is 5.17. The molecule has 0 bridgehead atoms. The van der Waals surface area contributed by atoms with Gasteiger partial charge in [-0.25, -0.2) is 0 Å². The van der Waals surface area contributed by atoms with Crippen molar-refractivity contribution in [1.82, 2.24) is 0 Å². The zero-order valence-electron chi connectivity index (χ0n) is 11.0. The molecule has 1 aromatic carbocycles. The Balaban J connectivity index is 2.73. The van der Waals surface area contributed by atoms with Crippen LogP contribution in [0, 0.1) is 0 Å². The molecule has 0 aromatic heterocycles. The normalized spacial score (nSPS) is 13.3. The van der Waals surface area contributed by atoms with E-state index >= 15 is 0 Å². The predicted octanol–water partition coefficient (Wildman–Crippen LogP) is 3.20. The molecule has 1 aromatic rings. The summed E-state index contributed by atoms with van der Waals surface area (Å²) < 4.78 is 0. The van der Waals surface area contributed by atoms with Crippen LogP contribution in [-0.4, -0.2) is 21.8 Å². The van der Waals surface area contributed by atoms with E-state index in [0.717, 1.165) is 17.7 Å². The highest BCUT2D eigenvalue weighted by Gasteiger charge is 2.30. The largest absolute Gasteiger partial charge is 0.507 e. The van der Waals surface area contributed by atoms with E-state index in [1.807, 2.05) is 13.8 Å². The van der Waals surface area contributed by atoms with Gasteiger partial charge in [-0.1, -0.05) is 23.3 Å². The molecular formula is C15H13ClO4. The van der Waals surface area contributed by atoms with E-state index in [1.165, 1.54) is 0 Å². The summed E-state index contributed by atoms with van der Waals surface area (Å²) >= 11 is 6.01. The number of phenols is 2. The summed E-state index contributed by atoms with van der Waals surface area (Å²) in [5, 5.41) is 20.1. The number of rotatable bonds is 2. The first kappa shape index (κ1) is 14.3. The molecule has 4 nitrogen and oxygen atoms in total. The minimum absolute atomic E-state index is 0.102. The molecular weight excluding hydrogens is 280 g/mol. The van der Waals surface area contributed by atoms with Crippen LogP contribution in [0.4, 0.5) is 0 Å². The third kappa shape index (κ3) is 2.23. The van der Waals surface area contributed by atoms with Crippen LogP contribution in [-0.2, 0) is 6.42 Å². The molecule has 2 N–H and O–H groups in total. The first-order valence-corrected chi connectivity index (χ1v) is 6.38. The van der Waals surface area contributed by atoms with Crippen LogP contribution in [0.25, 0.3) is 0 Å². The second-order valence-electron chi connectivity index (χ2n) is 4.79. The number of allylic oxidation sites excluding steroid dienone is 4. The number of hydrogen-bond acceptors (Lipinski definition) is 4. The minimum Gasteiger partial charge on any atom is -0.507 e. The van der Waals surface area contributed by atoms with E-state index in [-0.39, 0.29) is 33.9 Å². The van der Waals surface area contributed by atoms with Crippen molar-refractivity contribution in [3.63, 3.8) is 0 Å². The Morgan fingerprint density at radius 3 is 2.10 bits per heavy atom. The number of fused-ring (bicyclic) bond motifs is 1. The fraction of sp³-hybridized carbons (Fsp3) is 0.200. The average molecular weight is 293 g/mol. The van der Waals surface area contributed by atoms with Crippen molar-refractivity contribution in [3.8, 4) is 11.5 Å².